The number of nitrogens with one attached hydrogen (secondary N) is 1. The lowest BCUT2D eigenvalue weighted by molar-refractivity contribution is 0.194. The SMILES string of the molecule is Cc1cc(C)n(-c2ccc(CNC(=O)N3CCN(c4cccc(O)c4)CC3)cn2)n1. The molecule has 1 aliphatic rings. The molecular formula is C22H26N6O2. The van der Waals surface area contributed by atoms with Crippen LogP contribution >= 0.6 is 0 Å². The predicted molar refractivity (Wildman–Crippen MR) is 115 cm³/mol. The number of rotatable bonds is 4. The normalized spacial score (nSPS) is 14.1. The van der Waals surface area contributed by atoms with Crippen LogP contribution in [-0.4, -0.2) is 57.0 Å². The van der Waals surface area contributed by atoms with Gasteiger partial charge in [0.05, 0.1) is 5.69 Å². The summed E-state index contributed by atoms with van der Waals surface area (Å²) in [7, 11) is 0. The molecule has 156 valence electrons. The highest BCUT2D eigenvalue weighted by Crippen LogP contribution is 2.21. The summed E-state index contributed by atoms with van der Waals surface area (Å²) in [6.45, 7) is 7.11. The lowest BCUT2D eigenvalue weighted by Crippen LogP contribution is -2.51. The molecule has 8 heteroatoms. The van der Waals surface area contributed by atoms with Gasteiger partial charge in [-0.25, -0.2) is 14.5 Å². The molecule has 2 aromatic heterocycles. The molecule has 1 saturated heterocycles. The summed E-state index contributed by atoms with van der Waals surface area (Å²) in [5.74, 6) is 1.02. The Balaban J connectivity index is 1.28. The van der Waals surface area contributed by atoms with E-state index in [1.807, 2.05) is 53.8 Å². The lowest BCUT2D eigenvalue weighted by atomic mass is 10.2. The zero-order chi connectivity index (χ0) is 21.1. The molecule has 0 saturated carbocycles. The minimum Gasteiger partial charge on any atom is -0.508 e. The van der Waals surface area contributed by atoms with Crippen LogP contribution in [0, 0.1) is 13.8 Å². The molecule has 4 rings (SSSR count). The zero-order valence-electron chi connectivity index (χ0n) is 17.2. The minimum atomic E-state index is -0.0758. The topological polar surface area (TPSA) is 86.5 Å². The number of phenolic OH excluding ortho intramolecular Hbond substituents is 1. The van der Waals surface area contributed by atoms with Gasteiger partial charge in [-0.2, -0.15) is 5.10 Å². The molecule has 0 unspecified atom stereocenters. The van der Waals surface area contributed by atoms with Crippen molar-refractivity contribution >= 4 is 11.7 Å². The quantitative estimate of drug-likeness (QED) is 0.696. The second-order valence-corrected chi connectivity index (χ2v) is 7.52. The van der Waals surface area contributed by atoms with Gasteiger partial charge < -0.3 is 20.2 Å². The first-order chi connectivity index (χ1) is 14.5. The maximum absolute atomic E-state index is 12.5. The number of benzene rings is 1. The molecule has 1 aliphatic heterocycles. The van der Waals surface area contributed by atoms with Crippen LogP contribution < -0.4 is 10.2 Å². The van der Waals surface area contributed by atoms with Gasteiger partial charge in [0, 0.05) is 56.4 Å². The van der Waals surface area contributed by atoms with Crippen molar-refractivity contribution < 1.29 is 9.90 Å². The highest BCUT2D eigenvalue weighted by atomic mass is 16.3. The van der Waals surface area contributed by atoms with E-state index in [9.17, 15) is 9.90 Å². The zero-order valence-corrected chi connectivity index (χ0v) is 17.2. The van der Waals surface area contributed by atoms with Gasteiger partial charge in [0.1, 0.15) is 5.75 Å². The molecule has 0 spiro atoms. The fourth-order valence-electron chi connectivity index (χ4n) is 3.65. The van der Waals surface area contributed by atoms with Crippen molar-refractivity contribution in [3.8, 4) is 11.6 Å². The van der Waals surface area contributed by atoms with Crippen LogP contribution in [0.1, 0.15) is 17.0 Å². The largest absolute Gasteiger partial charge is 0.508 e. The number of aryl methyl sites for hydroxylation is 2. The van der Waals surface area contributed by atoms with Crippen molar-refractivity contribution in [1.82, 2.24) is 25.0 Å². The van der Waals surface area contributed by atoms with E-state index in [-0.39, 0.29) is 11.8 Å². The Morgan fingerprint density at radius 2 is 1.90 bits per heavy atom. The first kappa shape index (κ1) is 19.8. The van der Waals surface area contributed by atoms with Crippen molar-refractivity contribution in [2.24, 2.45) is 0 Å². The number of hydrogen-bond donors (Lipinski definition) is 2. The Morgan fingerprint density at radius 1 is 1.10 bits per heavy atom. The average Bonchev–Trinajstić information content (AvgIpc) is 3.10. The summed E-state index contributed by atoms with van der Waals surface area (Å²) >= 11 is 0. The maximum atomic E-state index is 12.5. The fourth-order valence-corrected chi connectivity index (χ4v) is 3.65. The van der Waals surface area contributed by atoms with E-state index in [0.717, 1.165) is 41.5 Å². The number of anilines is 1. The molecule has 1 fully saturated rings. The van der Waals surface area contributed by atoms with Crippen molar-refractivity contribution in [2.75, 3.05) is 31.1 Å². The van der Waals surface area contributed by atoms with Crippen LogP contribution in [0.2, 0.25) is 0 Å². The van der Waals surface area contributed by atoms with Gasteiger partial charge in [-0.15, -0.1) is 0 Å². The number of piperazine rings is 1. The van der Waals surface area contributed by atoms with Gasteiger partial charge in [0.25, 0.3) is 0 Å². The Hall–Kier alpha value is -3.55. The fraction of sp³-hybridized carbons (Fsp3) is 0.318. The second-order valence-electron chi connectivity index (χ2n) is 7.52. The number of hydrogen-bond acceptors (Lipinski definition) is 5. The molecule has 2 N–H and O–H groups in total. The third-order valence-electron chi connectivity index (χ3n) is 5.24. The van der Waals surface area contributed by atoms with Crippen LogP contribution in [-0.2, 0) is 6.54 Å². The van der Waals surface area contributed by atoms with E-state index in [4.69, 9.17) is 0 Å². The number of phenols is 1. The maximum Gasteiger partial charge on any atom is 0.317 e. The molecule has 0 aliphatic carbocycles. The smallest absolute Gasteiger partial charge is 0.317 e. The molecule has 0 radical (unpaired) electrons. The molecular weight excluding hydrogens is 380 g/mol. The van der Waals surface area contributed by atoms with Gasteiger partial charge in [-0.1, -0.05) is 12.1 Å². The molecule has 1 aromatic carbocycles. The van der Waals surface area contributed by atoms with Crippen molar-refractivity contribution in [2.45, 2.75) is 20.4 Å². The minimum absolute atomic E-state index is 0.0758. The first-order valence-corrected chi connectivity index (χ1v) is 10.0. The number of carbonyl (C=O) groups is 1. The van der Waals surface area contributed by atoms with Crippen LogP contribution in [0.4, 0.5) is 10.5 Å². The van der Waals surface area contributed by atoms with E-state index in [2.05, 4.69) is 20.3 Å². The standard InChI is InChI=1S/C22H26N6O2/c1-16-12-17(2)28(25-16)21-7-6-18(14-23-21)15-24-22(30)27-10-8-26(9-11-27)19-4-3-5-20(29)13-19/h3-7,12-14,29H,8-11,15H2,1-2H3,(H,24,30). The van der Waals surface area contributed by atoms with Gasteiger partial charge in [-0.05, 0) is 43.7 Å². The third-order valence-corrected chi connectivity index (χ3v) is 5.24. The van der Waals surface area contributed by atoms with E-state index in [0.29, 0.717) is 19.6 Å². The number of carbonyl (C=O) groups excluding carboxylic acids is 1. The van der Waals surface area contributed by atoms with Gasteiger partial charge >= 0.3 is 6.03 Å². The highest BCUT2D eigenvalue weighted by Gasteiger charge is 2.21. The van der Waals surface area contributed by atoms with Crippen LogP contribution in [0.5, 0.6) is 5.75 Å². The van der Waals surface area contributed by atoms with Gasteiger partial charge in [-0.3, -0.25) is 0 Å². The van der Waals surface area contributed by atoms with E-state index in [1.54, 1.807) is 18.3 Å². The number of nitrogens with zero attached hydrogens (tertiary/aromatic N) is 5. The summed E-state index contributed by atoms with van der Waals surface area (Å²) < 4.78 is 1.81. The van der Waals surface area contributed by atoms with E-state index < -0.39 is 0 Å². The molecule has 8 nitrogen and oxygen atoms in total. The Labute approximate surface area is 175 Å². The first-order valence-electron chi connectivity index (χ1n) is 10.0. The van der Waals surface area contributed by atoms with Gasteiger partial charge in [0.15, 0.2) is 5.82 Å². The van der Waals surface area contributed by atoms with Crippen molar-refractivity contribution in [3.63, 3.8) is 0 Å². The van der Waals surface area contributed by atoms with E-state index in [1.165, 1.54) is 0 Å². The van der Waals surface area contributed by atoms with Crippen LogP contribution in [0.25, 0.3) is 5.82 Å². The third kappa shape index (κ3) is 4.37. The van der Waals surface area contributed by atoms with Crippen molar-refractivity contribution in [1.29, 1.82) is 0 Å². The molecule has 30 heavy (non-hydrogen) atoms. The predicted octanol–water partition coefficient (Wildman–Crippen LogP) is 2.62. The van der Waals surface area contributed by atoms with Crippen LogP contribution in [0.15, 0.2) is 48.7 Å². The second kappa shape index (κ2) is 8.44. The van der Waals surface area contributed by atoms with Crippen molar-refractivity contribution in [3.05, 3.63) is 65.6 Å². The molecule has 0 bridgehead atoms. The molecule has 3 aromatic rings. The summed E-state index contributed by atoms with van der Waals surface area (Å²) in [6, 6.07) is 13.0. The highest BCUT2D eigenvalue weighted by molar-refractivity contribution is 5.74. The Bertz CT molecular complexity index is 1020. The number of aromatic nitrogens is 3. The van der Waals surface area contributed by atoms with Gasteiger partial charge in [0.2, 0.25) is 0 Å². The number of amides is 2. The lowest BCUT2D eigenvalue weighted by Gasteiger charge is -2.36. The molecule has 0 atom stereocenters. The molecule has 3 heterocycles. The summed E-state index contributed by atoms with van der Waals surface area (Å²) in [5.41, 5.74) is 3.90. The number of aromatic hydroxyl groups is 1. The number of pyridine rings is 1. The summed E-state index contributed by atoms with van der Waals surface area (Å²) in [6.07, 6.45) is 1.77. The Morgan fingerprint density at radius 3 is 2.53 bits per heavy atom. The molecule has 2 amide bonds. The summed E-state index contributed by atoms with van der Waals surface area (Å²) in [4.78, 5) is 21.0. The Kier molecular flexibility index (Phi) is 5.56. The van der Waals surface area contributed by atoms with E-state index >= 15 is 0 Å². The monoisotopic (exact) mass is 406 g/mol. The summed E-state index contributed by atoms with van der Waals surface area (Å²) in [5, 5.41) is 17.1. The number of urea groups is 1. The average molecular weight is 406 g/mol. The van der Waals surface area contributed by atoms with Crippen LogP contribution in [0.3, 0.4) is 0 Å².